The van der Waals surface area contributed by atoms with Crippen molar-refractivity contribution < 1.29 is 14.3 Å². The first-order valence-corrected chi connectivity index (χ1v) is 13.0. The van der Waals surface area contributed by atoms with Gasteiger partial charge < -0.3 is 25.0 Å². The van der Waals surface area contributed by atoms with E-state index in [1.165, 1.54) is 6.07 Å². The van der Waals surface area contributed by atoms with Crippen LogP contribution in [0, 0.1) is 12.7 Å². The van der Waals surface area contributed by atoms with E-state index in [-0.39, 0.29) is 23.7 Å². The Labute approximate surface area is 214 Å². The summed E-state index contributed by atoms with van der Waals surface area (Å²) >= 11 is 0. The maximum Gasteiger partial charge on any atom is 0.257 e. The number of hydrogen-bond donors (Lipinski definition) is 3. The lowest BCUT2D eigenvalue weighted by molar-refractivity contribution is 0.102. The second kappa shape index (κ2) is 9.11. The monoisotopic (exact) mass is 505 g/mol. The molecule has 1 aliphatic heterocycles. The minimum Gasteiger partial charge on any atom is -0.394 e. The molecule has 37 heavy (non-hydrogen) atoms. The van der Waals surface area contributed by atoms with E-state index in [4.69, 9.17) is 5.10 Å². The Morgan fingerprint density at radius 2 is 2.00 bits per heavy atom. The summed E-state index contributed by atoms with van der Waals surface area (Å²) in [6.45, 7) is 6.48. The number of halogens is 1. The third-order valence-electron chi connectivity index (χ3n) is 7.66. The molecule has 0 unspecified atom stereocenters. The van der Waals surface area contributed by atoms with Gasteiger partial charge in [-0.2, -0.15) is 5.10 Å². The Morgan fingerprint density at radius 1 is 1.22 bits per heavy atom. The minimum absolute atomic E-state index is 0.0541. The van der Waals surface area contributed by atoms with E-state index in [1.54, 1.807) is 23.7 Å². The summed E-state index contributed by atoms with van der Waals surface area (Å²) in [5.41, 5.74) is 3.37. The van der Waals surface area contributed by atoms with Crippen LogP contribution in [0.4, 0.5) is 15.8 Å². The number of nitrogens with one attached hydrogen (secondary N) is 2. The summed E-state index contributed by atoms with van der Waals surface area (Å²) in [7, 11) is 0. The standard InChI is InChI=1S/C27H32FN7O2/c1-3-35-15-21-23(33-10-6-18(7-11-33)31-27(16-36)8-9-27)5-4-20(24(21)32-35)26(37)30-19-12-22(28)25-29-17(2)13-34(25)14-19/h4-5,12-15,18,31,36H,3,6-11,16H2,1-2H3,(H,30,37). The van der Waals surface area contributed by atoms with Gasteiger partial charge in [0.05, 0.1) is 23.6 Å². The van der Waals surface area contributed by atoms with Crippen molar-refractivity contribution in [2.45, 2.75) is 57.7 Å². The van der Waals surface area contributed by atoms with Crippen molar-refractivity contribution >= 4 is 33.8 Å². The number of aryl methyl sites for hydroxylation is 2. The molecule has 6 rings (SSSR count). The third-order valence-corrected chi connectivity index (χ3v) is 7.66. The molecule has 4 heterocycles. The normalized spacial score (nSPS) is 17.6. The number of carbonyl (C=O) groups is 1. The third kappa shape index (κ3) is 4.44. The predicted molar refractivity (Wildman–Crippen MR) is 141 cm³/mol. The summed E-state index contributed by atoms with van der Waals surface area (Å²) in [6.07, 6.45) is 9.46. The molecular formula is C27H32FN7O2. The molecule has 9 nitrogen and oxygen atoms in total. The summed E-state index contributed by atoms with van der Waals surface area (Å²) in [5.74, 6) is -0.832. The number of benzene rings is 1. The van der Waals surface area contributed by atoms with Crippen LogP contribution in [0.5, 0.6) is 0 Å². The quantitative estimate of drug-likeness (QED) is 0.356. The molecule has 194 valence electrons. The number of piperidine rings is 1. The van der Waals surface area contributed by atoms with Gasteiger partial charge in [-0.1, -0.05) is 0 Å². The van der Waals surface area contributed by atoms with Crippen molar-refractivity contribution in [3.05, 3.63) is 53.9 Å². The number of anilines is 2. The fourth-order valence-electron chi connectivity index (χ4n) is 5.40. The highest BCUT2D eigenvalue weighted by molar-refractivity contribution is 6.13. The zero-order valence-corrected chi connectivity index (χ0v) is 21.2. The van der Waals surface area contributed by atoms with E-state index in [9.17, 15) is 14.3 Å². The molecule has 10 heteroatoms. The number of imidazole rings is 1. The lowest BCUT2D eigenvalue weighted by Gasteiger charge is -2.36. The molecule has 1 aliphatic carbocycles. The van der Waals surface area contributed by atoms with Crippen LogP contribution in [0.15, 0.2) is 36.8 Å². The zero-order chi connectivity index (χ0) is 25.7. The molecule has 1 aromatic carbocycles. The van der Waals surface area contributed by atoms with Crippen molar-refractivity contribution in [3.8, 4) is 0 Å². The number of carbonyl (C=O) groups excluding carboxylic acids is 1. The molecule has 0 atom stereocenters. The number of hydrogen-bond acceptors (Lipinski definition) is 6. The highest BCUT2D eigenvalue weighted by Gasteiger charge is 2.43. The molecule has 0 spiro atoms. The van der Waals surface area contributed by atoms with Gasteiger partial charge >= 0.3 is 0 Å². The van der Waals surface area contributed by atoms with Crippen LogP contribution >= 0.6 is 0 Å². The van der Waals surface area contributed by atoms with E-state index < -0.39 is 5.82 Å². The maximum absolute atomic E-state index is 14.5. The lowest BCUT2D eigenvalue weighted by atomic mass is 10.0. The number of pyridine rings is 1. The van der Waals surface area contributed by atoms with Crippen LogP contribution in [0.3, 0.4) is 0 Å². The molecule has 2 aliphatic rings. The Kier molecular flexibility index (Phi) is 5.88. The molecule has 0 radical (unpaired) electrons. The number of nitrogens with zero attached hydrogens (tertiary/aromatic N) is 5. The molecular weight excluding hydrogens is 473 g/mol. The molecule has 3 N–H and O–H groups in total. The Hall–Kier alpha value is -3.50. The number of fused-ring (bicyclic) bond motifs is 2. The van der Waals surface area contributed by atoms with E-state index in [1.807, 2.05) is 29.9 Å². The SMILES string of the molecule is CCn1cc2c(N3CCC(NC4(CO)CC4)CC3)ccc(C(=O)Nc3cc(F)c4nc(C)cn4c3)c2n1. The van der Waals surface area contributed by atoms with E-state index in [0.717, 1.165) is 49.8 Å². The van der Waals surface area contributed by atoms with Crippen LogP contribution in [0.1, 0.15) is 48.7 Å². The first-order chi connectivity index (χ1) is 17.9. The average molecular weight is 506 g/mol. The van der Waals surface area contributed by atoms with Crippen molar-refractivity contribution in [1.82, 2.24) is 24.5 Å². The van der Waals surface area contributed by atoms with Crippen molar-refractivity contribution in [2.75, 3.05) is 29.9 Å². The van der Waals surface area contributed by atoms with Gasteiger partial charge in [-0.25, -0.2) is 9.37 Å². The Balaban J connectivity index is 1.25. The van der Waals surface area contributed by atoms with Gasteiger partial charge in [0.1, 0.15) is 5.52 Å². The van der Waals surface area contributed by atoms with E-state index in [2.05, 4.69) is 20.5 Å². The number of aliphatic hydroxyl groups excluding tert-OH is 1. The van der Waals surface area contributed by atoms with Crippen molar-refractivity contribution in [1.29, 1.82) is 0 Å². The summed E-state index contributed by atoms with van der Waals surface area (Å²) < 4.78 is 18.0. The van der Waals surface area contributed by atoms with Gasteiger partial charge in [0.15, 0.2) is 11.5 Å². The Bertz CT molecular complexity index is 1480. The second-order valence-electron chi connectivity index (χ2n) is 10.4. The topological polar surface area (TPSA) is 99.7 Å². The van der Waals surface area contributed by atoms with Crippen LogP contribution < -0.4 is 15.5 Å². The molecule has 1 saturated carbocycles. The van der Waals surface area contributed by atoms with E-state index in [0.29, 0.717) is 35.0 Å². The van der Waals surface area contributed by atoms with Crippen LogP contribution in [0.2, 0.25) is 0 Å². The van der Waals surface area contributed by atoms with Gasteiger partial charge in [-0.05, 0) is 51.7 Å². The van der Waals surface area contributed by atoms with Gasteiger partial charge in [0.25, 0.3) is 5.91 Å². The van der Waals surface area contributed by atoms with Crippen LogP contribution in [0.25, 0.3) is 16.6 Å². The van der Waals surface area contributed by atoms with Crippen LogP contribution in [-0.2, 0) is 6.54 Å². The summed E-state index contributed by atoms with van der Waals surface area (Å²) in [6, 6.07) is 5.50. The highest BCUT2D eigenvalue weighted by Crippen LogP contribution is 2.37. The fourth-order valence-corrected chi connectivity index (χ4v) is 5.40. The molecule has 1 amide bonds. The number of rotatable bonds is 7. The van der Waals surface area contributed by atoms with Crippen molar-refractivity contribution in [3.63, 3.8) is 0 Å². The van der Waals surface area contributed by atoms with Gasteiger partial charge in [0, 0.05) is 66.9 Å². The molecule has 1 saturated heterocycles. The summed E-state index contributed by atoms with van der Waals surface area (Å²) in [4.78, 5) is 19.9. The average Bonchev–Trinajstić information content (AvgIpc) is 3.34. The largest absolute Gasteiger partial charge is 0.394 e. The first-order valence-electron chi connectivity index (χ1n) is 13.0. The van der Waals surface area contributed by atoms with Gasteiger partial charge in [-0.15, -0.1) is 0 Å². The Morgan fingerprint density at radius 3 is 2.70 bits per heavy atom. The number of aromatic nitrogens is 4. The maximum atomic E-state index is 14.5. The highest BCUT2D eigenvalue weighted by atomic mass is 19.1. The van der Waals surface area contributed by atoms with Crippen LogP contribution in [-0.4, -0.2) is 61.5 Å². The smallest absolute Gasteiger partial charge is 0.257 e. The molecule has 3 aromatic heterocycles. The van der Waals surface area contributed by atoms with Crippen molar-refractivity contribution in [2.24, 2.45) is 0 Å². The van der Waals surface area contributed by atoms with Gasteiger partial charge in [0.2, 0.25) is 0 Å². The zero-order valence-electron chi connectivity index (χ0n) is 21.2. The molecule has 2 fully saturated rings. The summed E-state index contributed by atoms with van der Waals surface area (Å²) in [5, 5.41) is 21.8. The molecule has 0 bridgehead atoms. The predicted octanol–water partition coefficient (Wildman–Crippen LogP) is 3.49. The minimum atomic E-state index is -0.494. The number of aliphatic hydroxyl groups is 1. The van der Waals surface area contributed by atoms with Gasteiger partial charge in [-0.3, -0.25) is 9.48 Å². The molecule has 4 aromatic rings. The van der Waals surface area contributed by atoms with E-state index >= 15 is 0 Å². The second-order valence-corrected chi connectivity index (χ2v) is 10.4. The fraction of sp³-hybridized carbons (Fsp3) is 0.444. The first kappa shape index (κ1) is 23.9. The number of amides is 1. The lowest BCUT2D eigenvalue weighted by Crippen LogP contribution is -2.48.